The molecule has 0 aliphatic heterocycles. The monoisotopic (exact) mass is 416 g/mol. The summed E-state index contributed by atoms with van der Waals surface area (Å²) in [6.07, 6.45) is -2.72. The molecule has 0 saturated carbocycles. The van der Waals surface area contributed by atoms with Crippen LogP contribution in [0.25, 0.3) is 22.1 Å². The van der Waals surface area contributed by atoms with E-state index in [1.165, 1.54) is 12.1 Å². The molecule has 30 heavy (non-hydrogen) atoms. The van der Waals surface area contributed by atoms with Gasteiger partial charge >= 0.3 is 6.36 Å². The first-order valence-electron chi connectivity index (χ1n) is 9.34. The second-order valence-electron chi connectivity index (χ2n) is 7.06. The van der Waals surface area contributed by atoms with E-state index in [1.807, 2.05) is 24.4 Å². The van der Waals surface area contributed by atoms with Gasteiger partial charge in [-0.1, -0.05) is 18.2 Å². The van der Waals surface area contributed by atoms with Crippen LogP contribution in [0.2, 0.25) is 0 Å². The summed E-state index contributed by atoms with van der Waals surface area (Å²) < 4.78 is 54.3. The van der Waals surface area contributed by atoms with Crippen molar-refractivity contribution in [3.63, 3.8) is 0 Å². The van der Waals surface area contributed by atoms with E-state index in [-0.39, 0.29) is 5.75 Å². The second-order valence-corrected chi connectivity index (χ2v) is 7.06. The summed E-state index contributed by atoms with van der Waals surface area (Å²) in [6.45, 7) is 4.51. The average molecular weight is 416 g/mol. The molecular weight excluding hydrogens is 397 g/mol. The van der Waals surface area contributed by atoms with Crippen LogP contribution in [0, 0.1) is 0 Å². The van der Waals surface area contributed by atoms with Gasteiger partial charge in [0.25, 0.3) is 5.88 Å². The molecule has 0 N–H and O–H groups in total. The number of aromatic nitrogens is 2. The number of hydrogen-bond donors (Lipinski definition) is 0. The zero-order chi connectivity index (χ0) is 21.3. The first kappa shape index (κ1) is 19.9. The number of benzene rings is 2. The van der Waals surface area contributed by atoms with Crippen LogP contribution >= 0.6 is 0 Å². The Kier molecular flexibility index (Phi) is 5.15. The van der Waals surface area contributed by atoms with Crippen molar-refractivity contribution in [1.82, 2.24) is 9.72 Å². The number of fused-ring (bicyclic) bond motifs is 1. The Morgan fingerprint density at radius 1 is 1.03 bits per heavy atom. The molecule has 2 aromatic heterocycles. The van der Waals surface area contributed by atoms with E-state index >= 15 is 0 Å². The molecule has 0 aliphatic rings. The van der Waals surface area contributed by atoms with E-state index in [2.05, 4.69) is 28.3 Å². The van der Waals surface area contributed by atoms with E-state index in [0.717, 1.165) is 16.8 Å². The summed E-state index contributed by atoms with van der Waals surface area (Å²) in [5.41, 5.74) is 3.09. The second kappa shape index (κ2) is 7.78. The van der Waals surface area contributed by atoms with Gasteiger partial charge in [0.1, 0.15) is 12.4 Å². The highest BCUT2D eigenvalue weighted by Gasteiger charge is 2.31. The Morgan fingerprint density at radius 2 is 1.77 bits per heavy atom. The highest BCUT2D eigenvalue weighted by Crippen LogP contribution is 2.32. The Bertz CT molecular complexity index is 1140. The van der Waals surface area contributed by atoms with Gasteiger partial charge in [-0.15, -0.1) is 13.2 Å². The minimum absolute atomic E-state index is 0.269. The summed E-state index contributed by atoms with van der Waals surface area (Å²) in [7, 11) is 0. The third-order valence-corrected chi connectivity index (χ3v) is 4.64. The third-order valence-electron chi connectivity index (χ3n) is 4.64. The van der Waals surface area contributed by atoms with E-state index in [9.17, 15) is 13.2 Å². The molecule has 8 heteroatoms. The van der Waals surface area contributed by atoms with Crippen molar-refractivity contribution < 1.29 is 27.2 Å². The Morgan fingerprint density at radius 3 is 2.47 bits per heavy atom. The molecule has 0 spiro atoms. The SMILES string of the molecule is CC(C)n1cccc1COc1noc2ccc(-c3ccc(OC(F)(F)F)cc3)cc12. The fraction of sp³-hybridized carbons (Fsp3) is 0.227. The van der Waals surface area contributed by atoms with Gasteiger partial charge in [0.05, 0.1) is 11.1 Å². The van der Waals surface area contributed by atoms with Crippen LogP contribution in [0.4, 0.5) is 13.2 Å². The Balaban J connectivity index is 1.56. The predicted molar refractivity (Wildman–Crippen MR) is 105 cm³/mol. The van der Waals surface area contributed by atoms with E-state index < -0.39 is 6.36 Å². The molecule has 5 nitrogen and oxygen atoms in total. The molecule has 0 fully saturated rings. The van der Waals surface area contributed by atoms with Gasteiger partial charge in [0.2, 0.25) is 0 Å². The van der Waals surface area contributed by atoms with Crippen LogP contribution in [0.5, 0.6) is 11.6 Å². The molecule has 0 unspecified atom stereocenters. The molecule has 0 saturated heterocycles. The first-order chi connectivity index (χ1) is 14.3. The quantitative estimate of drug-likeness (QED) is 0.367. The molecule has 0 radical (unpaired) electrons. The predicted octanol–water partition coefficient (Wildman–Crippen LogP) is 6.35. The lowest BCUT2D eigenvalue weighted by Gasteiger charge is -2.12. The lowest BCUT2D eigenvalue weighted by Crippen LogP contribution is -2.16. The number of nitrogens with zero attached hydrogens (tertiary/aromatic N) is 2. The fourth-order valence-corrected chi connectivity index (χ4v) is 3.25. The molecule has 2 aromatic carbocycles. The van der Waals surface area contributed by atoms with Crippen LogP contribution in [0.1, 0.15) is 25.6 Å². The maximum atomic E-state index is 12.3. The molecular formula is C22H19F3N2O3. The van der Waals surface area contributed by atoms with Gasteiger partial charge < -0.3 is 18.6 Å². The first-order valence-corrected chi connectivity index (χ1v) is 9.34. The molecule has 2 heterocycles. The number of ether oxygens (including phenoxy) is 2. The summed E-state index contributed by atoms with van der Waals surface area (Å²) >= 11 is 0. The van der Waals surface area contributed by atoms with Crippen LogP contribution in [0.15, 0.2) is 65.3 Å². The van der Waals surface area contributed by atoms with E-state index in [0.29, 0.717) is 29.5 Å². The average Bonchev–Trinajstić information content (AvgIpc) is 3.32. The zero-order valence-electron chi connectivity index (χ0n) is 16.3. The maximum Gasteiger partial charge on any atom is 0.573 e. The Hall–Kier alpha value is -3.42. The van der Waals surface area contributed by atoms with Gasteiger partial charge in [-0.2, -0.15) is 0 Å². The van der Waals surface area contributed by atoms with Crippen LogP contribution < -0.4 is 9.47 Å². The van der Waals surface area contributed by atoms with Gasteiger partial charge in [0.15, 0.2) is 5.58 Å². The number of hydrogen-bond acceptors (Lipinski definition) is 4. The Labute approximate surface area is 170 Å². The fourth-order valence-electron chi connectivity index (χ4n) is 3.25. The highest BCUT2D eigenvalue weighted by atomic mass is 19.4. The van der Waals surface area contributed by atoms with Crippen molar-refractivity contribution in [2.75, 3.05) is 0 Å². The number of halogens is 3. The smallest absolute Gasteiger partial charge is 0.469 e. The van der Waals surface area contributed by atoms with Crippen molar-refractivity contribution in [2.45, 2.75) is 32.9 Å². The molecule has 4 rings (SSSR count). The summed E-state index contributed by atoms with van der Waals surface area (Å²) in [5.74, 6) is 0.0925. The van der Waals surface area contributed by atoms with Crippen molar-refractivity contribution in [3.05, 3.63) is 66.5 Å². The van der Waals surface area contributed by atoms with Crippen LogP contribution in [-0.4, -0.2) is 16.1 Å². The molecule has 0 aliphatic carbocycles. The zero-order valence-corrected chi connectivity index (χ0v) is 16.3. The lowest BCUT2D eigenvalue weighted by atomic mass is 10.0. The molecule has 156 valence electrons. The lowest BCUT2D eigenvalue weighted by molar-refractivity contribution is -0.274. The van der Waals surface area contributed by atoms with Crippen molar-refractivity contribution in [3.8, 4) is 22.8 Å². The minimum Gasteiger partial charge on any atom is -0.469 e. The van der Waals surface area contributed by atoms with Gasteiger partial charge in [0, 0.05) is 12.2 Å². The van der Waals surface area contributed by atoms with Crippen molar-refractivity contribution in [1.29, 1.82) is 0 Å². The van der Waals surface area contributed by atoms with E-state index in [4.69, 9.17) is 9.26 Å². The van der Waals surface area contributed by atoms with Crippen molar-refractivity contribution in [2.24, 2.45) is 0 Å². The number of rotatable bonds is 6. The summed E-state index contributed by atoms with van der Waals surface area (Å²) in [5, 5.41) is 4.69. The summed E-state index contributed by atoms with van der Waals surface area (Å²) in [6, 6.07) is 15.3. The van der Waals surface area contributed by atoms with Crippen LogP contribution in [0.3, 0.4) is 0 Å². The van der Waals surface area contributed by atoms with Gasteiger partial charge in [-0.25, -0.2) is 0 Å². The molecule has 0 bridgehead atoms. The van der Waals surface area contributed by atoms with Gasteiger partial charge in [-0.3, -0.25) is 0 Å². The van der Waals surface area contributed by atoms with Gasteiger partial charge in [-0.05, 0) is 66.5 Å². The minimum atomic E-state index is -4.72. The third kappa shape index (κ3) is 4.27. The molecule has 0 amide bonds. The van der Waals surface area contributed by atoms with Crippen molar-refractivity contribution >= 4 is 11.0 Å². The summed E-state index contributed by atoms with van der Waals surface area (Å²) in [4.78, 5) is 0. The standard InChI is InChI=1S/C22H19F3N2O3/c1-14(2)27-11-3-4-17(27)13-28-21-19-12-16(7-10-20(19)30-26-21)15-5-8-18(9-6-15)29-22(23,24)25/h3-12,14H,13H2,1-2H3. The normalized spacial score (nSPS) is 11.9. The molecule has 0 atom stereocenters. The largest absolute Gasteiger partial charge is 0.573 e. The maximum absolute atomic E-state index is 12.3. The number of alkyl halides is 3. The molecule has 4 aromatic rings. The highest BCUT2D eigenvalue weighted by molar-refractivity contribution is 5.87. The van der Waals surface area contributed by atoms with Crippen LogP contribution in [-0.2, 0) is 6.61 Å². The topological polar surface area (TPSA) is 49.4 Å². The van der Waals surface area contributed by atoms with E-state index in [1.54, 1.807) is 24.3 Å².